The number of benzene rings is 1. The lowest BCUT2D eigenvalue weighted by molar-refractivity contribution is -0.131. The van der Waals surface area contributed by atoms with Gasteiger partial charge in [-0.15, -0.1) is 0 Å². The Morgan fingerprint density at radius 2 is 2.38 bits per heavy atom. The summed E-state index contributed by atoms with van der Waals surface area (Å²) < 4.78 is 23.7. The van der Waals surface area contributed by atoms with Gasteiger partial charge >= 0.3 is 0 Å². The monoisotopic (exact) mass is 333 g/mol. The van der Waals surface area contributed by atoms with Crippen molar-refractivity contribution in [2.24, 2.45) is 0 Å². The summed E-state index contributed by atoms with van der Waals surface area (Å²) in [6.07, 6.45) is 1.84. The lowest BCUT2D eigenvalue weighted by Gasteiger charge is -2.22. The van der Waals surface area contributed by atoms with Crippen molar-refractivity contribution in [3.8, 4) is 0 Å². The van der Waals surface area contributed by atoms with Crippen LogP contribution in [0.1, 0.15) is 43.1 Å². The number of carbonyl (C=O) groups excluding carboxylic acids is 1. The average Bonchev–Trinajstić information content (AvgIpc) is 3.21. The number of hydrogen-bond donors (Lipinski definition) is 0. The minimum atomic E-state index is -0.336. The summed E-state index contributed by atoms with van der Waals surface area (Å²) in [4.78, 5) is 18.7. The first-order valence-corrected chi connectivity index (χ1v) is 8.11. The quantitative estimate of drug-likeness (QED) is 0.813. The lowest BCUT2D eigenvalue weighted by atomic mass is 10.1. The minimum Gasteiger partial charge on any atom is -0.372 e. The Bertz CT molecular complexity index is 704. The number of likely N-dealkylation sites (tertiary alicyclic amines) is 1. The van der Waals surface area contributed by atoms with E-state index in [1.54, 1.807) is 17.0 Å². The van der Waals surface area contributed by atoms with Gasteiger partial charge in [0.25, 0.3) is 5.89 Å². The molecular formula is C17H20FN3O3. The number of halogens is 1. The fourth-order valence-electron chi connectivity index (χ4n) is 2.91. The molecule has 1 atom stereocenters. The molecule has 1 aromatic heterocycles. The van der Waals surface area contributed by atoms with Gasteiger partial charge < -0.3 is 14.2 Å². The molecule has 1 fully saturated rings. The standard InChI is InChI=1S/C17H20FN3O3/c1-2-23-11-15-19-17(20-24-15)14-7-4-8-21(14)16(22)10-12-5-3-6-13(18)9-12/h3,5-6,9,14H,2,4,7-8,10-11H2,1H3. The average molecular weight is 333 g/mol. The molecule has 0 saturated carbocycles. The predicted molar refractivity (Wildman–Crippen MR) is 83.4 cm³/mol. The number of aromatic nitrogens is 2. The zero-order chi connectivity index (χ0) is 16.9. The molecule has 1 unspecified atom stereocenters. The summed E-state index contributed by atoms with van der Waals surface area (Å²) in [5.74, 6) is 0.530. The number of carbonyl (C=O) groups is 1. The third-order valence-electron chi connectivity index (χ3n) is 4.03. The van der Waals surface area contributed by atoms with Crippen LogP contribution in [0.5, 0.6) is 0 Å². The van der Waals surface area contributed by atoms with Crippen LogP contribution in [0.2, 0.25) is 0 Å². The van der Waals surface area contributed by atoms with E-state index < -0.39 is 0 Å². The maximum absolute atomic E-state index is 13.3. The number of amides is 1. The second-order valence-electron chi connectivity index (χ2n) is 5.74. The SMILES string of the molecule is CCOCc1nc(C2CCCN2C(=O)Cc2cccc(F)c2)no1. The molecule has 0 bridgehead atoms. The van der Waals surface area contributed by atoms with E-state index in [0.29, 0.717) is 30.4 Å². The van der Waals surface area contributed by atoms with Gasteiger partial charge in [-0.1, -0.05) is 17.3 Å². The highest BCUT2D eigenvalue weighted by molar-refractivity contribution is 5.79. The first kappa shape index (κ1) is 16.6. The van der Waals surface area contributed by atoms with Crippen LogP contribution in [0.3, 0.4) is 0 Å². The topological polar surface area (TPSA) is 68.5 Å². The molecule has 1 aromatic carbocycles. The largest absolute Gasteiger partial charge is 0.372 e. The zero-order valence-electron chi connectivity index (χ0n) is 13.6. The summed E-state index contributed by atoms with van der Waals surface area (Å²) in [5.41, 5.74) is 0.663. The van der Waals surface area contributed by atoms with E-state index in [-0.39, 0.29) is 30.8 Å². The van der Waals surface area contributed by atoms with E-state index in [1.165, 1.54) is 12.1 Å². The molecule has 24 heavy (non-hydrogen) atoms. The maximum Gasteiger partial charge on any atom is 0.252 e. The van der Waals surface area contributed by atoms with Crippen LogP contribution in [-0.2, 0) is 22.6 Å². The molecule has 1 aliphatic rings. The third kappa shape index (κ3) is 3.79. The molecule has 7 heteroatoms. The van der Waals surface area contributed by atoms with E-state index >= 15 is 0 Å². The highest BCUT2D eigenvalue weighted by atomic mass is 19.1. The van der Waals surface area contributed by atoms with E-state index in [9.17, 15) is 9.18 Å². The van der Waals surface area contributed by atoms with Crippen molar-refractivity contribution in [1.82, 2.24) is 15.0 Å². The van der Waals surface area contributed by atoms with Crippen LogP contribution in [0.25, 0.3) is 0 Å². The first-order chi connectivity index (χ1) is 11.7. The molecule has 0 aliphatic carbocycles. The number of hydrogen-bond acceptors (Lipinski definition) is 5. The van der Waals surface area contributed by atoms with Crippen LogP contribution in [0.15, 0.2) is 28.8 Å². The molecule has 128 valence electrons. The van der Waals surface area contributed by atoms with Crippen LogP contribution < -0.4 is 0 Å². The van der Waals surface area contributed by atoms with Crippen molar-refractivity contribution in [2.75, 3.05) is 13.2 Å². The van der Waals surface area contributed by atoms with Gasteiger partial charge in [-0.3, -0.25) is 4.79 Å². The van der Waals surface area contributed by atoms with Crippen LogP contribution >= 0.6 is 0 Å². The van der Waals surface area contributed by atoms with Crippen molar-refractivity contribution in [3.05, 3.63) is 47.4 Å². The van der Waals surface area contributed by atoms with E-state index in [1.807, 2.05) is 6.92 Å². The molecule has 0 radical (unpaired) electrons. The van der Waals surface area contributed by atoms with Gasteiger partial charge in [0, 0.05) is 13.2 Å². The Labute approximate surface area is 139 Å². The second kappa shape index (κ2) is 7.53. The third-order valence-corrected chi connectivity index (χ3v) is 4.03. The summed E-state index contributed by atoms with van der Waals surface area (Å²) in [6.45, 7) is 3.38. The molecular weight excluding hydrogens is 313 g/mol. The molecule has 6 nitrogen and oxygen atoms in total. The van der Waals surface area contributed by atoms with E-state index in [0.717, 1.165) is 12.8 Å². The van der Waals surface area contributed by atoms with E-state index in [2.05, 4.69) is 10.1 Å². The molecule has 1 amide bonds. The van der Waals surface area contributed by atoms with Crippen LogP contribution in [0.4, 0.5) is 4.39 Å². The smallest absolute Gasteiger partial charge is 0.252 e. The van der Waals surface area contributed by atoms with Crippen molar-refractivity contribution in [2.45, 2.75) is 38.8 Å². The molecule has 0 N–H and O–H groups in total. The minimum absolute atomic E-state index is 0.0562. The predicted octanol–water partition coefficient (Wildman–Crippen LogP) is 2.65. The van der Waals surface area contributed by atoms with Gasteiger partial charge in [-0.05, 0) is 37.5 Å². The van der Waals surface area contributed by atoms with Gasteiger partial charge in [0.15, 0.2) is 5.82 Å². The number of ether oxygens (including phenoxy) is 1. The van der Waals surface area contributed by atoms with Crippen molar-refractivity contribution < 1.29 is 18.4 Å². The molecule has 3 rings (SSSR count). The first-order valence-electron chi connectivity index (χ1n) is 8.11. The second-order valence-corrected chi connectivity index (χ2v) is 5.74. The highest BCUT2D eigenvalue weighted by Gasteiger charge is 2.33. The summed E-state index contributed by atoms with van der Waals surface area (Å²) >= 11 is 0. The molecule has 1 aliphatic heterocycles. The number of nitrogens with zero attached hydrogens (tertiary/aromatic N) is 3. The Balaban J connectivity index is 1.68. The summed E-state index contributed by atoms with van der Waals surface area (Å²) in [7, 11) is 0. The van der Waals surface area contributed by atoms with Gasteiger partial charge in [-0.2, -0.15) is 4.98 Å². The highest BCUT2D eigenvalue weighted by Crippen LogP contribution is 2.30. The Hall–Kier alpha value is -2.28. The molecule has 2 heterocycles. The normalized spacial score (nSPS) is 17.4. The fraction of sp³-hybridized carbons (Fsp3) is 0.471. The zero-order valence-corrected chi connectivity index (χ0v) is 13.6. The molecule has 0 spiro atoms. The molecule has 2 aromatic rings. The fourth-order valence-corrected chi connectivity index (χ4v) is 2.91. The summed E-state index contributed by atoms with van der Waals surface area (Å²) in [6, 6.07) is 5.92. The van der Waals surface area contributed by atoms with Crippen LogP contribution in [0, 0.1) is 5.82 Å². The van der Waals surface area contributed by atoms with Crippen molar-refractivity contribution >= 4 is 5.91 Å². The maximum atomic E-state index is 13.3. The summed E-state index contributed by atoms with van der Waals surface area (Å²) in [5, 5.41) is 3.98. The Kier molecular flexibility index (Phi) is 5.20. The van der Waals surface area contributed by atoms with Gasteiger partial charge in [0.1, 0.15) is 12.4 Å². The van der Waals surface area contributed by atoms with Gasteiger partial charge in [0.2, 0.25) is 5.91 Å². The van der Waals surface area contributed by atoms with Crippen molar-refractivity contribution in [3.63, 3.8) is 0 Å². The lowest BCUT2D eigenvalue weighted by Crippen LogP contribution is -2.32. The van der Waals surface area contributed by atoms with Crippen molar-refractivity contribution in [1.29, 1.82) is 0 Å². The van der Waals surface area contributed by atoms with E-state index in [4.69, 9.17) is 9.26 Å². The van der Waals surface area contributed by atoms with Gasteiger partial charge in [0.05, 0.1) is 12.5 Å². The molecule has 1 saturated heterocycles. The number of rotatable bonds is 6. The van der Waals surface area contributed by atoms with Gasteiger partial charge in [-0.25, -0.2) is 4.39 Å². The Morgan fingerprint density at radius 1 is 1.50 bits per heavy atom. The Morgan fingerprint density at radius 3 is 3.17 bits per heavy atom. The van der Waals surface area contributed by atoms with Crippen LogP contribution in [-0.4, -0.2) is 34.1 Å².